The molecule has 0 aliphatic carbocycles. The van der Waals surface area contributed by atoms with Gasteiger partial charge >= 0.3 is 0 Å². The van der Waals surface area contributed by atoms with E-state index in [9.17, 15) is 30.3 Å². The van der Waals surface area contributed by atoms with Gasteiger partial charge in [-0.2, -0.15) is 0 Å². The molecule has 0 spiro atoms. The van der Waals surface area contributed by atoms with Gasteiger partial charge in [0.1, 0.15) is 24.4 Å². The molecule has 9 heteroatoms. The summed E-state index contributed by atoms with van der Waals surface area (Å²) in [5, 5.41) is 54.9. The lowest BCUT2D eigenvalue weighted by Gasteiger charge is -2.40. The highest BCUT2D eigenvalue weighted by molar-refractivity contribution is 5.76. The first-order valence-electron chi connectivity index (χ1n) is 39.4. The summed E-state index contributed by atoms with van der Waals surface area (Å²) in [7, 11) is 0. The Morgan fingerprint density at radius 1 is 0.372 bits per heavy atom. The summed E-state index contributed by atoms with van der Waals surface area (Å²) in [6.07, 6.45) is 103. The van der Waals surface area contributed by atoms with E-state index in [-0.39, 0.29) is 12.5 Å². The van der Waals surface area contributed by atoms with Gasteiger partial charge in [0.15, 0.2) is 6.29 Å². The molecule has 0 aromatic carbocycles. The van der Waals surface area contributed by atoms with Gasteiger partial charge in [0, 0.05) is 6.42 Å². The van der Waals surface area contributed by atoms with Crippen LogP contribution in [0.2, 0.25) is 0 Å². The zero-order chi connectivity index (χ0) is 67.8. The number of allylic oxidation sites excluding steroid dienone is 21. The van der Waals surface area contributed by atoms with Gasteiger partial charge in [0.2, 0.25) is 5.91 Å². The van der Waals surface area contributed by atoms with Gasteiger partial charge in [-0.1, -0.05) is 359 Å². The van der Waals surface area contributed by atoms with Gasteiger partial charge in [0.25, 0.3) is 0 Å². The minimum absolute atomic E-state index is 0.191. The molecule has 94 heavy (non-hydrogen) atoms. The van der Waals surface area contributed by atoms with Gasteiger partial charge in [-0.3, -0.25) is 4.79 Å². The second kappa shape index (κ2) is 72.1. The Bertz CT molecular complexity index is 1960. The normalized spacial score (nSPS) is 18.3. The third kappa shape index (κ3) is 59.6. The number of aliphatic hydroxyl groups is 5. The second-order valence-electron chi connectivity index (χ2n) is 26.8. The van der Waals surface area contributed by atoms with Crippen molar-refractivity contribution in [3.05, 3.63) is 134 Å². The van der Waals surface area contributed by atoms with E-state index in [0.717, 1.165) is 96.3 Å². The maximum atomic E-state index is 13.2. The molecule has 540 valence electrons. The van der Waals surface area contributed by atoms with Gasteiger partial charge in [-0.15, -0.1) is 0 Å². The maximum Gasteiger partial charge on any atom is 0.220 e. The Morgan fingerprint density at radius 2 is 0.670 bits per heavy atom. The molecular weight excluding hydrogens is 1160 g/mol. The van der Waals surface area contributed by atoms with E-state index in [2.05, 4.69) is 141 Å². The molecule has 0 radical (unpaired) electrons. The number of carbonyl (C=O) groups excluding carboxylic acids is 1. The van der Waals surface area contributed by atoms with Crippen molar-refractivity contribution in [3.8, 4) is 0 Å². The number of ether oxygens (including phenoxy) is 2. The molecule has 0 bridgehead atoms. The first-order valence-corrected chi connectivity index (χ1v) is 39.4. The summed E-state index contributed by atoms with van der Waals surface area (Å²) in [6, 6.07) is -0.837. The highest BCUT2D eigenvalue weighted by Crippen LogP contribution is 2.23. The van der Waals surface area contributed by atoms with E-state index in [1.54, 1.807) is 6.08 Å². The summed E-state index contributed by atoms with van der Waals surface area (Å²) < 4.78 is 11.3. The van der Waals surface area contributed by atoms with Crippen LogP contribution in [0.15, 0.2) is 134 Å². The van der Waals surface area contributed by atoms with Gasteiger partial charge in [-0.25, -0.2) is 0 Å². The molecule has 1 saturated heterocycles. The van der Waals surface area contributed by atoms with Crippen molar-refractivity contribution in [2.24, 2.45) is 0 Å². The quantitative estimate of drug-likeness (QED) is 0.0261. The number of unbranched alkanes of at least 4 members (excludes halogenated alkanes) is 38. The largest absolute Gasteiger partial charge is 0.394 e. The van der Waals surface area contributed by atoms with Crippen molar-refractivity contribution in [1.82, 2.24) is 5.32 Å². The number of hydrogen-bond donors (Lipinski definition) is 6. The van der Waals surface area contributed by atoms with E-state index < -0.39 is 49.5 Å². The molecule has 0 saturated carbocycles. The van der Waals surface area contributed by atoms with Gasteiger partial charge in [-0.05, 0) is 109 Å². The van der Waals surface area contributed by atoms with Crippen molar-refractivity contribution in [3.63, 3.8) is 0 Å². The predicted molar refractivity (Wildman–Crippen MR) is 405 cm³/mol. The average Bonchev–Trinajstić information content (AvgIpc) is 0.831. The smallest absolute Gasteiger partial charge is 0.220 e. The van der Waals surface area contributed by atoms with E-state index in [4.69, 9.17) is 9.47 Å². The number of carbonyl (C=O) groups is 1. The van der Waals surface area contributed by atoms with E-state index in [1.807, 2.05) is 6.08 Å². The van der Waals surface area contributed by atoms with Crippen LogP contribution in [0.4, 0.5) is 0 Å². The van der Waals surface area contributed by atoms with Crippen LogP contribution in [0.1, 0.15) is 341 Å². The van der Waals surface area contributed by atoms with Gasteiger partial charge < -0.3 is 40.3 Å². The highest BCUT2D eigenvalue weighted by atomic mass is 16.7. The third-order valence-corrected chi connectivity index (χ3v) is 17.9. The van der Waals surface area contributed by atoms with E-state index in [0.29, 0.717) is 6.42 Å². The molecule has 1 aliphatic heterocycles. The molecular formula is C85H147NO8. The molecule has 1 aliphatic rings. The molecule has 7 unspecified atom stereocenters. The fraction of sp³-hybridized carbons (Fsp3) is 0.729. The number of aliphatic hydroxyl groups excluding tert-OH is 5. The Hall–Kier alpha value is -3.67. The summed E-state index contributed by atoms with van der Waals surface area (Å²) >= 11 is 0. The van der Waals surface area contributed by atoms with E-state index >= 15 is 0 Å². The fourth-order valence-corrected chi connectivity index (χ4v) is 11.9. The Morgan fingerprint density at radius 3 is 1.02 bits per heavy atom. The number of nitrogens with one attached hydrogen (secondary N) is 1. The lowest BCUT2D eigenvalue weighted by molar-refractivity contribution is -0.302. The summed E-state index contributed by atoms with van der Waals surface area (Å²) in [5.74, 6) is -0.191. The molecule has 1 rings (SSSR count). The van der Waals surface area contributed by atoms with Crippen LogP contribution in [0.25, 0.3) is 0 Å². The zero-order valence-electron chi connectivity index (χ0n) is 60.7. The van der Waals surface area contributed by atoms with Crippen molar-refractivity contribution in [2.75, 3.05) is 13.2 Å². The SMILES string of the molecule is CC/C=C\C/C=C\C/C=C\C/C=C\C/C=C\C/C=C\C/C=C\C/C=C\CCCCCCCCCCCCCCCCCCC(=O)NC(COC1OC(CO)C(O)C(O)C1O)C(O)/C=C/CC/C=C/CC/C=C/CCCCCCCCCCCCCCCCCCCCCC. The van der Waals surface area contributed by atoms with Crippen molar-refractivity contribution >= 4 is 5.91 Å². The van der Waals surface area contributed by atoms with Crippen LogP contribution in [-0.4, -0.2) is 87.5 Å². The second-order valence-corrected chi connectivity index (χ2v) is 26.8. The maximum absolute atomic E-state index is 13.2. The molecule has 1 amide bonds. The fourth-order valence-electron chi connectivity index (χ4n) is 11.9. The van der Waals surface area contributed by atoms with Crippen LogP contribution in [-0.2, 0) is 14.3 Å². The van der Waals surface area contributed by atoms with Crippen LogP contribution in [0.3, 0.4) is 0 Å². The van der Waals surface area contributed by atoms with Crippen LogP contribution in [0, 0.1) is 0 Å². The molecule has 1 fully saturated rings. The lowest BCUT2D eigenvalue weighted by atomic mass is 9.99. The van der Waals surface area contributed by atoms with Crippen LogP contribution in [0.5, 0.6) is 0 Å². The standard InChI is InChI=1S/C85H147NO8/c1-3-5-7-9-11-13-15-17-19-21-23-25-27-29-31-33-35-36-37-38-39-40-41-42-43-44-45-47-49-51-53-55-57-59-61-63-65-67-69-71-73-75-81(89)86-78(77-93-85-84(92)83(91)82(90)80(76-87)94-85)79(88)74-72-70-68-66-64-62-60-58-56-54-52-50-48-46-34-32-30-28-26-24-22-20-18-16-14-12-10-8-6-4-2/h5,7,11,13,17,19,23,25,29,31,35-36,38-39,41-42,56,58,64,66,72,74,78-80,82-85,87-88,90-92H,3-4,6,8-10,12,14-16,18,20-22,24,26-28,30,32-34,37,40,43-55,57,59-63,65,67-71,73,75-77H2,1-2H3,(H,86,89)/b7-5-,13-11-,19-17-,25-23-,31-29-,36-35-,39-38-,42-41-,58-56+,66-64+,74-72+. The van der Waals surface area contributed by atoms with E-state index in [1.165, 1.54) is 225 Å². The topological polar surface area (TPSA) is 149 Å². The highest BCUT2D eigenvalue weighted by Gasteiger charge is 2.44. The number of rotatable bonds is 68. The van der Waals surface area contributed by atoms with Crippen molar-refractivity contribution in [2.45, 2.75) is 384 Å². The zero-order valence-corrected chi connectivity index (χ0v) is 60.7. The monoisotopic (exact) mass is 1310 g/mol. The summed E-state index contributed by atoms with van der Waals surface area (Å²) in [6.45, 7) is 3.67. The number of hydrogen-bond acceptors (Lipinski definition) is 8. The molecule has 7 atom stereocenters. The summed E-state index contributed by atoms with van der Waals surface area (Å²) in [4.78, 5) is 13.2. The van der Waals surface area contributed by atoms with Gasteiger partial charge in [0.05, 0.1) is 25.4 Å². The minimum atomic E-state index is -1.58. The predicted octanol–water partition coefficient (Wildman–Crippen LogP) is 22.7. The first-order chi connectivity index (χ1) is 46.3. The lowest BCUT2D eigenvalue weighted by Crippen LogP contribution is -2.60. The Kier molecular flexibility index (Phi) is 67.7. The molecule has 9 nitrogen and oxygen atoms in total. The minimum Gasteiger partial charge on any atom is -0.394 e. The molecule has 1 heterocycles. The average molecular weight is 1310 g/mol. The molecule has 0 aromatic heterocycles. The summed E-state index contributed by atoms with van der Waals surface area (Å²) in [5.41, 5.74) is 0. The number of amides is 1. The first kappa shape index (κ1) is 88.3. The molecule has 6 N–H and O–H groups in total. The van der Waals surface area contributed by atoms with Crippen LogP contribution < -0.4 is 5.32 Å². The Labute approximate surface area is 579 Å². The Balaban J connectivity index is 2.12. The third-order valence-electron chi connectivity index (χ3n) is 17.9. The van der Waals surface area contributed by atoms with Crippen molar-refractivity contribution in [1.29, 1.82) is 0 Å². The van der Waals surface area contributed by atoms with Crippen molar-refractivity contribution < 1.29 is 39.8 Å². The van der Waals surface area contributed by atoms with Crippen LogP contribution >= 0.6 is 0 Å². The molecule has 0 aromatic rings.